The fourth-order valence-electron chi connectivity index (χ4n) is 1.51. The lowest BCUT2D eigenvalue weighted by atomic mass is 10.3. The Morgan fingerprint density at radius 2 is 2.18 bits per heavy atom. The molecule has 0 unspecified atom stereocenters. The molecule has 3 rings (SSSR count). The Kier molecular flexibility index (Phi) is 2.84. The zero-order chi connectivity index (χ0) is 11.8. The zero-order valence-corrected chi connectivity index (χ0v) is 11.1. The third kappa shape index (κ3) is 2.07. The predicted molar refractivity (Wildman–Crippen MR) is 73.6 cm³/mol. The Morgan fingerprint density at radius 1 is 1.29 bits per heavy atom. The molecule has 0 aliphatic carbocycles. The highest BCUT2D eigenvalue weighted by atomic mass is 35.5. The van der Waals surface area contributed by atoms with Crippen LogP contribution in [0, 0.1) is 0 Å². The zero-order valence-electron chi connectivity index (χ0n) is 8.68. The number of rotatable bonds is 2. The number of aromatic nitrogens is 2. The number of nitrogens with zero attached hydrogens (tertiary/aromatic N) is 2. The van der Waals surface area contributed by atoms with E-state index in [-0.39, 0.29) is 0 Å². The molecule has 3 nitrogen and oxygen atoms in total. The summed E-state index contributed by atoms with van der Waals surface area (Å²) in [5, 5.41) is 4.56. The van der Waals surface area contributed by atoms with Crippen LogP contribution in [0.25, 0.3) is 20.9 Å². The molecule has 2 aromatic heterocycles. The molecule has 0 atom stereocenters. The molecule has 3 aromatic rings. The lowest BCUT2D eigenvalue weighted by Crippen LogP contribution is -1.94. The largest absolute Gasteiger partial charge is 0.325 e. The standard InChI is InChI=1S/C11H8ClN3S2/c12-6-1-2-7-9(3-6)17-11(15-7)8-5-16-10(4-13)14-8/h1-3,5H,4,13H2. The van der Waals surface area contributed by atoms with E-state index < -0.39 is 0 Å². The third-order valence-corrected chi connectivity index (χ3v) is 4.44. The second-order valence-corrected chi connectivity index (χ2v) is 5.87. The monoisotopic (exact) mass is 281 g/mol. The molecular weight excluding hydrogens is 274 g/mol. The fraction of sp³-hybridized carbons (Fsp3) is 0.0909. The summed E-state index contributed by atoms with van der Waals surface area (Å²) in [5.41, 5.74) is 7.40. The summed E-state index contributed by atoms with van der Waals surface area (Å²) < 4.78 is 1.08. The Labute approximate surface area is 111 Å². The van der Waals surface area contributed by atoms with E-state index in [0.717, 1.165) is 30.9 Å². The van der Waals surface area contributed by atoms with Crippen LogP contribution < -0.4 is 5.73 Å². The first-order chi connectivity index (χ1) is 8.26. The van der Waals surface area contributed by atoms with Gasteiger partial charge in [-0.25, -0.2) is 9.97 Å². The van der Waals surface area contributed by atoms with Gasteiger partial charge in [-0.15, -0.1) is 22.7 Å². The predicted octanol–water partition coefficient (Wildman–Crippen LogP) is 3.53. The first-order valence-corrected chi connectivity index (χ1v) is 7.04. The number of fused-ring (bicyclic) bond motifs is 1. The van der Waals surface area contributed by atoms with Crippen molar-refractivity contribution in [3.05, 3.63) is 33.6 Å². The van der Waals surface area contributed by atoms with E-state index in [9.17, 15) is 0 Å². The van der Waals surface area contributed by atoms with Gasteiger partial charge in [0.1, 0.15) is 15.7 Å². The molecule has 0 saturated carbocycles. The minimum atomic E-state index is 0.474. The second-order valence-electron chi connectivity index (χ2n) is 3.46. The van der Waals surface area contributed by atoms with E-state index in [1.165, 1.54) is 0 Å². The third-order valence-electron chi connectivity index (χ3n) is 2.30. The lowest BCUT2D eigenvalue weighted by molar-refractivity contribution is 1.04. The molecule has 17 heavy (non-hydrogen) atoms. The molecule has 6 heteroatoms. The van der Waals surface area contributed by atoms with Crippen molar-refractivity contribution < 1.29 is 0 Å². The molecule has 0 aliphatic heterocycles. The molecule has 0 radical (unpaired) electrons. The van der Waals surface area contributed by atoms with Crippen molar-refractivity contribution in [2.75, 3.05) is 0 Å². The van der Waals surface area contributed by atoms with Crippen LogP contribution in [0.15, 0.2) is 23.6 Å². The van der Waals surface area contributed by atoms with E-state index >= 15 is 0 Å². The van der Waals surface area contributed by atoms with Crippen molar-refractivity contribution in [2.45, 2.75) is 6.54 Å². The van der Waals surface area contributed by atoms with Crippen molar-refractivity contribution in [1.29, 1.82) is 0 Å². The summed E-state index contributed by atoms with van der Waals surface area (Å²) in [6.07, 6.45) is 0. The molecule has 2 heterocycles. The van der Waals surface area contributed by atoms with Crippen molar-refractivity contribution in [3.8, 4) is 10.7 Å². The number of nitrogens with two attached hydrogens (primary N) is 1. The smallest absolute Gasteiger partial charge is 0.143 e. The molecule has 1 aromatic carbocycles. The van der Waals surface area contributed by atoms with Crippen LogP contribution in [-0.2, 0) is 6.54 Å². The van der Waals surface area contributed by atoms with Crippen LogP contribution >= 0.6 is 34.3 Å². The van der Waals surface area contributed by atoms with Crippen LogP contribution in [0.2, 0.25) is 5.02 Å². The number of halogens is 1. The molecule has 86 valence electrons. The fourth-order valence-corrected chi connectivity index (χ4v) is 3.45. The molecule has 0 amide bonds. The first kappa shape index (κ1) is 11.1. The molecule has 0 saturated heterocycles. The molecular formula is C11H8ClN3S2. The minimum absolute atomic E-state index is 0.474. The first-order valence-electron chi connectivity index (χ1n) is 4.97. The Morgan fingerprint density at radius 3 is 2.94 bits per heavy atom. The molecule has 2 N–H and O–H groups in total. The number of benzene rings is 1. The molecule has 0 fully saturated rings. The maximum Gasteiger partial charge on any atom is 0.143 e. The Hall–Kier alpha value is -1.01. The summed E-state index contributed by atoms with van der Waals surface area (Å²) >= 11 is 9.11. The van der Waals surface area contributed by atoms with Gasteiger partial charge >= 0.3 is 0 Å². The molecule has 0 bridgehead atoms. The van der Waals surface area contributed by atoms with Gasteiger partial charge in [0.05, 0.1) is 10.2 Å². The van der Waals surface area contributed by atoms with Gasteiger partial charge in [-0.1, -0.05) is 11.6 Å². The van der Waals surface area contributed by atoms with E-state index in [2.05, 4.69) is 9.97 Å². The SMILES string of the molecule is NCc1nc(-c2nc3ccc(Cl)cc3s2)cs1. The van der Waals surface area contributed by atoms with Gasteiger partial charge < -0.3 is 5.73 Å². The summed E-state index contributed by atoms with van der Waals surface area (Å²) in [6.45, 7) is 0.474. The van der Waals surface area contributed by atoms with E-state index in [1.807, 2.05) is 23.6 Å². The molecule has 0 aliphatic rings. The maximum absolute atomic E-state index is 5.95. The number of thiazole rings is 2. The molecule has 0 spiro atoms. The van der Waals surface area contributed by atoms with Crippen molar-refractivity contribution in [3.63, 3.8) is 0 Å². The summed E-state index contributed by atoms with van der Waals surface area (Å²) in [6, 6.07) is 5.70. The van der Waals surface area contributed by atoms with Crippen LogP contribution in [0.4, 0.5) is 0 Å². The normalized spacial score (nSPS) is 11.2. The average molecular weight is 282 g/mol. The number of hydrogen-bond acceptors (Lipinski definition) is 5. The van der Waals surface area contributed by atoms with E-state index in [4.69, 9.17) is 17.3 Å². The highest BCUT2D eigenvalue weighted by molar-refractivity contribution is 7.22. The van der Waals surface area contributed by atoms with Crippen LogP contribution in [0.3, 0.4) is 0 Å². The van der Waals surface area contributed by atoms with Gasteiger partial charge in [-0.05, 0) is 18.2 Å². The summed E-state index contributed by atoms with van der Waals surface area (Å²) in [7, 11) is 0. The quantitative estimate of drug-likeness (QED) is 0.782. The van der Waals surface area contributed by atoms with Gasteiger partial charge in [0.25, 0.3) is 0 Å². The van der Waals surface area contributed by atoms with Crippen molar-refractivity contribution in [1.82, 2.24) is 9.97 Å². The van der Waals surface area contributed by atoms with Gasteiger partial charge in [0, 0.05) is 16.9 Å². The van der Waals surface area contributed by atoms with Crippen LogP contribution in [-0.4, -0.2) is 9.97 Å². The van der Waals surface area contributed by atoms with E-state index in [1.54, 1.807) is 22.7 Å². The van der Waals surface area contributed by atoms with Crippen molar-refractivity contribution in [2.24, 2.45) is 5.73 Å². The van der Waals surface area contributed by atoms with Gasteiger partial charge in [0.15, 0.2) is 0 Å². The van der Waals surface area contributed by atoms with Gasteiger partial charge in [0.2, 0.25) is 0 Å². The highest BCUT2D eigenvalue weighted by Crippen LogP contribution is 2.32. The van der Waals surface area contributed by atoms with E-state index in [0.29, 0.717) is 6.54 Å². The summed E-state index contributed by atoms with van der Waals surface area (Å²) in [5.74, 6) is 0. The van der Waals surface area contributed by atoms with Crippen molar-refractivity contribution >= 4 is 44.5 Å². The van der Waals surface area contributed by atoms with Crippen LogP contribution in [0.5, 0.6) is 0 Å². The lowest BCUT2D eigenvalue weighted by Gasteiger charge is -1.86. The second kappa shape index (κ2) is 4.34. The summed E-state index contributed by atoms with van der Waals surface area (Å²) in [4.78, 5) is 8.96. The topological polar surface area (TPSA) is 51.8 Å². The Balaban J connectivity index is 2.11. The maximum atomic E-state index is 5.95. The average Bonchev–Trinajstić information content (AvgIpc) is 2.93. The van der Waals surface area contributed by atoms with Gasteiger partial charge in [-0.3, -0.25) is 0 Å². The highest BCUT2D eigenvalue weighted by Gasteiger charge is 2.09. The number of hydrogen-bond donors (Lipinski definition) is 1. The van der Waals surface area contributed by atoms with Crippen LogP contribution in [0.1, 0.15) is 5.01 Å². The van der Waals surface area contributed by atoms with Gasteiger partial charge in [-0.2, -0.15) is 0 Å². The minimum Gasteiger partial charge on any atom is -0.325 e. The Bertz CT molecular complexity index is 674.